The lowest BCUT2D eigenvalue weighted by atomic mass is 9.78. The standard InChI is InChI=1S/C28H29Cl3O4/c1-27(2,3)19-11-16(12-20(26(19)33)28(4,5)6)25(15-32)35-23-10-8-18(30)14-24(23)34-22-9-7-17(29)13-21(22)31/h7-15,25,33H,1-6H3. The van der Waals surface area contributed by atoms with Crippen LogP contribution in [0.4, 0.5) is 0 Å². The number of aromatic hydroxyl groups is 1. The quantitative estimate of drug-likeness (QED) is 0.320. The van der Waals surface area contributed by atoms with E-state index in [0.29, 0.717) is 37.9 Å². The van der Waals surface area contributed by atoms with Crippen LogP contribution in [-0.2, 0) is 15.6 Å². The van der Waals surface area contributed by atoms with Gasteiger partial charge in [-0.2, -0.15) is 0 Å². The average Bonchev–Trinajstić information content (AvgIpc) is 2.74. The highest BCUT2D eigenvalue weighted by Crippen LogP contribution is 2.43. The molecular formula is C28H29Cl3O4. The molecule has 0 aliphatic carbocycles. The van der Waals surface area contributed by atoms with E-state index in [2.05, 4.69) is 0 Å². The molecule has 1 N–H and O–H groups in total. The van der Waals surface area contributed by atoms with Crippen molar-refractivity contribution in [2.24, 2.45) is 0 Å². The summed E-state index contributed by atoms with van der Waals surface area (Å²) in [7, 11) is 0. The van der Waals surface area contributed by atoms with E-state index in [-0.39, 0.29) is 16.6 Å². The van der Waals surface area contributed by atoms with Gasteiger partial charge in [0.15, 0.2) is 23.9 Å². The van der Waals surface area contributed by atoms with Crippen LogP contribution in [0.5, 0.6) is 23.0 Å². The zero-order valence-electron chi connectivity index (χ0n) is 20.6. The largest absolute Gasteiger partial charge is 0.507 e. The number of carbonyl (C=O) groups is 1. The smallest absolute Gasteiger partial charge is 0.179 e. The molecule has 0 aliphatic heterocycles. The van der Waals surface area contributed by atoms with Crippen molar-refractivity contribution in [2.75, 3.05) is 0 Å². The molecule has 0 aromatic heterocycles. The van der Waals surface area contributed by atoms with E-state index >= 15 is 0 Å². The maximum absolute atomic E-state index is 12.3. The molecule has 0 fully saturated rings. The number of phenols is 1. The third kappa shape index (κ3) is 6.43. The van der Waals surface area contributed by atoms with E-state index in [4.69, 9.17) is 44.3 Å². The molecule has 0 bridgehead atoms. The lowest BCUT2D eigenvalue weighted by Gasteiger charge is -2.29. The van der Waals surface area contributed by atoms with Crippen LogP contribution in [0.1, 0.15) is 64.3 Å². The van der Waals surface area contributed by atoms with Crippen LogP contribution >= 0.6 is 34.8 Å². The third-order valence-corrected chi connectivity index (χ3v) is 6.24. The predicted octanol–water partition coefficient (Wildman–Crippen LogP) is 9.06. The van der Waals surface area contributed by atoms with Crippen molar-refractivity contribution in [3.8, 4) is 23.0 Å². The van der Waals surface area contributed by atoms with Crippen LogP contribution in [0, 0.1) is 0 Å². The Morgan fingerprint density at radius 3 is 1.77 bits per heavy atom. The van der Waals surface area contributed by atoms with Gasteiger partial charge >= 0.3 is 0 Å². The number of rotatable bonds is 6. The Morgan fingerprint density at radius 2 is 1.29 bits per heavy atom. The van der Waals surface area contributed by atoms with Crippen molar-refractivity contribution in [3.05, 3.63) is 80.3 Å². The molecule has 35 heavy (non-hydrogen) atoms. The molecule has 3 rings (SSSR count). The average molecular weight is 536 g/mol. The zero-order valence-corrected chi connectivity index (χ0v) is 22.8. The molecule has 3 aromatic rings. The maximum Gasteiger partial charge on any atom is 0.179 e. The van der Waals surface area contributed by atoms with Gasteiger partial charge in [0.05, 0.1) is 5.02 Å². The van der Waals surface area contributed by atoms with Crippen LogP contribution in [-0.4, -0.2) is 11.4 Å². The SMILES string of the molecule is CC(C)(C)c1cc(C(C=O)Oc2ccc(Cl)cc2Oc2ccc(Cl)cc2Cl)cc(C(C)(C)C)c1O. The molecule has 0 spiro atoms. The number of hydrogen-bond acceptors (Lipinski definition) is 4. The molecule has 1 unspecified atom stereocenters. The summed E-state index contributed by atoms with van der Waals surface area (Å²) in [6, 6.07) is 13.4. The van der Waals surface area contributed by atoms with Crippen molar-refractivity contribution in [1.82, 2.24) is 0 Å². The summed E-state index contributed by atoms with van der Waals surface area (Å²) in [4.78, 5) is 12.3. The fraction of sp³-hybridized carbons (Fsp3) is 0.321. The van der Waals surface area contributed by atoms with Crippen LogP contribution in [0.15, 0.2) is 48.5 Å². The highest BCUT2D eigenvalue weighted by Gasteiger charge is 2.29. The number of aldehydes is 1. The normalized spacial score (nSPS) is 12.8. The second-order valence-electron chi connectivity index (χ2n) is 10.4. The van der Waals surface area contributed by atoms with E-state index in [1.165, 1.54) is 0 Å². The van der Waals surface area contributed by atoms with Crippen molar-refractivity contribution in [3.63, 3.8) is 0 Å². The third-order valence-electron chi connectivity index (χ3n) is 5.47. The molecule has 7 heteroatoms. The minimum absolute atomic E-state index is 0.228. The summed E-state index contributed by atoms with van der Waals surface area (Å²) in [5.74, 6) is 1.19. The number of carbonyl (C=O) groups excluding carboxylic acids is 1. The minimum atomic E-state index is -0.956. The second kappa shape index (κ2) is 10.3. The molecule has 0 amide bonds. The van der Waals surface area contributed by atoms with Crippen LogP contribution < -0.4 is 9.47 Å². The maximum atomic E-state index is 12.3. The van der Waals surface area contributed by atoms with Gasteiger partial charge in [0.1, 0.15) is 11.5 Å². The van der Waals surface area contributed by atoms with E-state index in [1.807, 2.05) is 53.7 Å². The Balaban J connectivity index is 2.06. The van der Waals surface area contributed by atoms with Gasteiger partial charge in [-0.1, -0.05) is 76.3 Å². The van der Waals surface area contributed by atoms with Gasteiger partial charge in [0.2, 0.25) is 0 Å². The molecule has 186 valence electrons. The highest BCUT2D eigenvalue weighted by atomic mass is 35.5. The fourth-order valence-corrected chi connectivity index (χ4v) is 4.22. The number of hydrogen-bond donors (Lipinski definition) is 1. The Morgan fingerprint density at radius 1 is 0.771 bits per heavy atom. The van der Waals surface area contributed by atoms with Crippen molar-refractivity contribution in [2.45, 2.75) is 58.5 Å². The Hall–Kier alpha value is -2.40. The van der Waals surface area contributed by atoms with Crippen LogP contribution in [0.25, 0.3) is 0 Å². The lowest BCUT2D eigenvalue weighted by Crippen LogP contribution is -2.20. The molecular weight excluding hydrogens is 507 g/mol. The molecule has 4 nitrogen and oxygen atoms in total. The van der Waals surface area contributed by atoms with E-state index in [0.717, 1.165) is 17.4 Å². The number of benzene rings is 3. The lowest BCUT2D eigenvalue weighted by molar-refractivity contribution is -0.113. The summed E-state index contributed by atoms with van der Waals surface area (Å²) < 4.78 is 12.1. The van der Waals surface area contributed by atoms with E-state index in [1.54, 1.807) is 36.4 Å². The summed E-state index contributed by atoms with van der Waals surface area (Å²) in [6.45, 7) is 12.1. The fourth-order valence-electron chi connectivity index (χ4n) is 3.61. The van der Waals surface area contributed by atoms with E-state index < -0.39 is 6.10 Å². The second-order valence-corrected chi connectivity index (χ2v) is 11.7. The minimum Gasteiger partial charge on any atom is -0.507 e. The monoisotopic (exact) mass is 534 g/mol. The van der Waals surface area contributed by atoms with Gasteiger partial charge in [-0.3, -0.25) is 4.79 Å². The number of phenolic OH excluding ortho intramolecular Hbond substituents is 1. The Kier molecular flexibility index (Phi) is 8.00. The zero-order chi connectivity index (χ0) is 26.1. The molecule has 0 radical (unpaired) electrons. The first-order valence-electron chi connectivity index (χ1n) is 11.1. The first-order chi connectivity index (χ1) is 16.2. The molecule has 0 saturated carbocycles. The summed E-state index contributed by atoms with van der Waals surface area (Å²) >= 11 is 18.5. The number of halogens is 3. The van der Waals surface area contributed by atoms with Gasteiger partial charge in [0.25, 0.3) is 0 Å². The van der Waals surface area contributed by atoms with E-state index in [9.17, 15) is 9.90 Å². The summed E-state index contributed by atoms with van der Waals surface area (Å²) in [5.41, 5.74) is 1.38. The molecule has 0 saturated heterocycles. The topological polar surface area (TPSA) is 55.8 Å². The van der Waals surface area contributed by atoms with Crippen molar-refractivity contribution in [1.29, 1.82) is 0 Å². The molecule has 1 atom stereocenters. The van der Waals surface area contributed by atoms with Gasteiger partial charge in [-0.05, 0) is 64.4 Å². The summed E-state index contributed by atoms with van der Waals surface area (Å²) in [5, 5.41) is 12.2. The number of ether oxygens (including phenoxy) is 2. The predicted molar refractivity (Wildman–Crippen MR) is 143 cm³/mol. The van der Waals surface area contributed by atoms with Crippen LogP contribution in [0.2, 0.25) is 15.1 Å². The van der Waals surface area contributed by atoms with Crippen molar-refractivity contribution < 1.29 is 19.4 Å². The first-order valence-corrected chi connectivity index (χ1v) is 12.3. The van der Waals surface area contributed by atoms with Gasteiger partial charge in [-0.15, -0.1) is 0 Å². The van der Waals surface area contributed by atoms with Crippen molar-refractivity contribution >= 4 is 41.1 Å². The summed E-state index contributed by atoms with van der Waals surface area (Å²) in [6.07, 6.45) is -0.235. The Bertz CT molecular complexity index is 1200. The van der Waals surface area contributed by atoms with Crippen LogP contribution in [0.3, 0.4) is 0 Å². The molecule has 3 aromatic carbocycles. The van der Waals surface area contributed by atoms with Gasteiger partial charge in [-0.25, -0.2) is 0 Å². The molecule has 0 heterocycles. The Labute approximate surface area is 221 Å². The first kappa shape index (κ1) is 27.2. The van der Waals surface area contributed by atoms with Gasteiger partial charge < -0.3 is 14.6 Å². The highest BCUT2D eigenvalue weighted by molar-refractivity contribution is 6.35. The van der Waals surface area contributed by atoms with Gasteiger partial charge in [0, 0.05) is 21.7 Å². The molecule has 0 aliphatic rings.